The van der Waals surface area contributed by atoms with Crippen LogP contribution in [-0.4, -0.2) is 49.4 Å². The fraction of sp³-hybridized carbons (Fsp3) is 0.533. The highest BCUT2D eigenvalue weighted by Crippen LogP contribution is 2.30. The number of hydrogen-bond donors (Lipinski definition) is 1. The number of benzene rings is 1. The van der Waals surface area contributed by atoms with E-state index in [9.17, 15) is 5.11 Å². The monoisotopic (exact) mass is 287 g/mol. The van der Waals surface area contributed by atoms with Gasteiger partial charge in [0.05, 0.1) is 17.8 Å². The maximum Gasteiger partial charge on any atom is 0.170 e. The molecule has 1 aromatic heterocycles. The highest BCUT2D eigenvalue weighted by molar-refractivity contribution is 5.30. The van der Waals surface area contributed by atoms with Gasteiger partial charge in [-0.2, -0.15) is 4.68 Å². The van der Waals surface area contributed by atoms with Gasteiger partial charge in [0.15, 0.2) is 5.82 Å². The Hall–Kier alpha value is -1.79. The van der Waals surface area contributed by atoms with E-state index in [0.29, 0.717) is 13.1 Å². The molecule has 0 bridgehead atoms. The topological polar surface area (TPSA) is 67.1 Å². The van der Waals surface area contributed by atoms with Crippen molar-refractivity contribution in [1.29, 1.82) is 0 Å². The summed E-state index contributed by atoms with van der Waals surface area (Å²) in [7, 11) is 2.00. The molecule has 1 heterocycles. The maximum atomic E-state index is 10.5. The van der Waals surface area contributed by atoms with Crippen LogP contribution < -0.4 is 0 Å². The number of aliphatic hydroxyl groups is 1. The van der Waals surface area contributed by atoms with E-state index in [1.54, 1.807) is 4.68 Å². The van der Waals surface area contributed by atoms with Gasteiger partial charge in [0, 0.05) is 6.54 Å². The lowest BCUT2D eigenvalue weighted by atomic mass is 10.0. The summed E-state index contributed by atoms with van der Waals surface area (Å²) in [5.74, 6) is 0.783. The van der Waals surface area contributed by atoms with E-state index in [0.717, 1.165) is 37.2 Å². The van der Waals surface area contributed by atoms with Gasteiger partial charge < -0.3 is 5.11 Å². The van der Waals surface area contributed by atoms with Gasteiger partial charge in [-0.1, -0.05) is 31.0 Å². The number of nitrogens with zero attached hydrogens (tertiary/aromatic N) is 5. The average molecular weight is 287 g/mol. The predicted molar refractivity (Wildman–Crippen MR) is 78.9 cm³/mol. The molecule has 1 aliphatic carbocycles. The van der Waals surface area contributed by atoms with Crippen LogP contribution >= 0.6 is 0 Å². The Labute approximate surface area is 124 Å². The molecule has 1 saturated carbocycles. The Bertz CT molecular complexity index is 577. The molecule has 0 saturated heterocycles. The van der Waals surface area contributed by atoms with Crippen LogP contribution in [0.3, 0.4) is 0 Å². The highest BCUT2D eigenvalue weighted by atomic mass is 16.3. The van der Waals surface area contributed by atoms with Gasteiger partial charge in [0.25, 0.3) is 0 Å². The van der Waals surface area contributed by atoms with Crippen molar-refractivity contribution in [3.63, 3.8) is 0 Å². The first-order chi connectivity index (χ1) is 10.2. The summed E-state index contributed by atoms with van der Waals surface area (Å²) in [6, 6.07) is 9.85. The molecule has 1 aliphatic rings. The lowest BCUT2D eigenvalue weighted by Gasteiger charge is -2.28. The lowest BCUT2D eigenvalue weighted by molar-refractivity contribution is 0.0138. The fourth-order valence-electron chi connectivity index (χ4n) is 3.07. The smallest absolute Gasteiger partial charge is 0.170 e. The Balaban J connectivity index is 1.69. The number of hydrogen-bond acceptors (Lipinski definition) is 5. The zero-order chi connectivity index (χ0) is 14.7. The molecule has 3 rings (SSSR count). The summed E-state index contributed by atoms with van der Waals surface area (Å²) in [5, 5.41) is 22.4. The standard InChI is InChI=1S/C15H21N5O/c1-19(12-15(21)9-5-6-10-15)11-14-16-17-18-20(14)13-7-3-2-4-8-13/h2-4,7-8,21H,5-6,9-12H2,1H3. The zero-order valence-electron chi connectivity index (χ0n) is 12.3. The van der Waals surface area contributed by atoms with Gasteiger partial charge in [-0.3, -0.25) is 4.90 Å². The maximum absolute atomic E-state index is 10.5. The normalized spacial score (nSPS) is 17.5. The Morgan fingerprint density at radius 2 is 1.95 bits per heavy atom. The second-order valence-corrected chi connectivity index (χ2v) is 5.95. The van der Waals surface area contributed by atoms with Crippen molar-refractivity contribution in [3.8, 4) is 5.69 Å². The molecule has 1 N–H and O–H groups in total. The van der Waals surface area contributed by atoms with E-state index < -0.39 is 5.60 Å². The molecule has 2 aromatic rings. The van der Waals surface area contributed by atoms with Gasteiger partial charge in [-0.15, -0.1) is 5.10 Å². The van der Waals surface area contributed by atoms with Gasteiger partial charge >= 0.3 is 0 Å². The first-order valence-electron chi connectivity index (χ1n) is 7.40. The Morgan fingerprint density at radius 1 is 1.24 bits per heavy atom. The van der Waals surface area contributed by atoms with E-state index in [4.69, 9.17) is 0 Å². The minimum absolute atomic E-state index is 0.542. The molecule has 0 radical (unpaired) electrons. The lowest BCUT2D eigenvalue weighted by Crippen LogP contribution is -2.39. The van der Waals surface area contributed by atoms with Crippen molar-refractivity contribution in [2.75, 3.05) is 13.6 Å². The summed E-state index contributed by atoms with van der Waals surface area (Å²) >= 11 is 0. The first-order valence-corrected chi connectivity index (χ1v) is 7.40. The van der Waals surface area contributed by atoms with Crippen molar-refractivity contribution in [1.82, 2.24) is 25.1 Å². The number of tetrazole rings is 1. The molecular weight excluding hydrogens is 266 g/mol. The van der Waals surface area contributed by atoms with E-state index in [1.165, 1.54) is 0 Å². The molecule has 0 atom stereocenters. The second kappa shape index (κ2) is 5.91. The van der Waals surface area contributed by atoms with Crippen molar-refractivity contribution in [3.05, 3.63) is 36.2 Å². The molecule has 0 unspecified atom stereocenters. The van der Waals surface area contributed by atoms with Crippen LogP contribution in [0.15, 0.2) is 30.3 Å². The van der Waals surface area contributed by atoms with E-state index >= 15 is 0 Å². The van der Waals surface area contributed by atoms with E-state index in [2.05, 4.69) is 20.4 Å². The zero-order valence-corrected chi connectivity index (χ0v) is 12.3. The summed E-state index contributed by atoms with van der Waals surface area (Å²) in [4.78, 5) is 2.09. The molecule has 1 aromatic carbocycles. The van der Waals surface area contributed by atoms with E-state index in [-0.39, 0.29) is 0 Å². The van der Waals surface area contributed by atoms with Crippen LogP contribution in [0.1, 0.15) is 31.5 Å². The minimum Gasteiger partial charge on any atom is -0.389 e. The Morgan fingerprint density at radius 3 is 2.67 bits per heavy atom. The van der Waals surface area contributed by atoms with Crippen LogP contribution in [0.5, 0.6) is 0 Å². The molecule has 6 nitrogen and oxygen atoms in total. The largest absolute Gasteiger partial charge is 0.389 e. The summed E-state index contributed by atoms with van der Waals surface area (Å²) in [5.41, 5.74) is 0.408. The predicted octanol–water partition coefficient (Wildman–Crippen LogP) is 1.40. The molecule has 0 aliphatic heterocycles. The SMILES string of the molecule is CN(Cc1nnnn1-c1ccccc1)CC1(O)CCCC1. The van der Waals surface area contributed by atoms with Gasteiger partial charge in [0.2, 0.25) is 0 Å². The fourth-order valence-corrected chi connectivity index (χ4v) is 3.07. The quantitative estimate of drug-likeness (QED) is 0.900. The average Bonchev–Trinajstić information content (AvgIpc) is 3.09. The van der Waals surface area contributed by atoms with Gasteiger partial charge in [-0.25, -0.2) is 0 Å². The molecule has 0 spiro atoms. The molecule has 21 heavy (non-hydrogen) atoms. The Kier molecular flexibility index (Phi) is 3.98. The van der Waals surface area contributed by atoms with Crippen LogP contribution in [0.25, 0.3) is 5.69 Å². The van der Waals surface area contributed by atoms with Crippen LogP contribution in [0.4, 0.5) is 0 Å². The third-order valence-electron chi connectivity index (χ3n) is 4.04. The third-order valence-corrected chi connectivity index (χ3v) is 4.04. The summed E-state index contributed by atoms with van der Waals surface area (Å²) in [6.45, 7) is 1.28. The van der Waals surface area contributed by atoms with Crippen LogP contribution in [0, 0.1) is 0 Å². The van der Waals surface area contributed by atoms with E-state index in [1.807, 2.05) is 37.4 Å². The van der Waals surface area contributed by atoms with Crippen molar-refractivity contribution in [2.24, 2.45) is 0 Å². The first kappa shape index (κ1) is 14.2. The third kappa shape index (κ3) is 3.28. The highest BCUT2D eigenvalue weighted by Gasteiger charge is 2.32. The minimum atomic E-state index is -0.542. The summed E-state index contributed by atoms with van der Waals surface area (Å²) < 4.78 is 1.75. The summed E-state index contributed by atoms with van der Waals surface area (Å²) in [6.07, 6.45) is 4.01. The van der Waals surface area contributed by atoms with Crippen molar-refractivity contribution < 1.29 is 5.11 Å². The number of aromatic nitrogens is 4. The molecule has 112 valence electrons. The molecule has 1 fully saturated rings. The second-order valence-electron chi connectivity index (χ2n) is 5.95. The van der Waals surface area contributed by atoms with Gasteiger partial charge in [-0.05, 0) is 42.4 Å². The molecule has 0 amide bonds. The number of para-hydroxylation sites is 1. The van der Waals surface area contributed by atoms with Crippen molar-refractivity contribution >= 4 is 0 Å². The van der Waals surface area contributed by atoms with Crippen molar-refractivity contribution in [2.45, 2.75) is 37.8 Å². The molecule has 6 heteroatoms. The number of rotatable bonds is 5. The van der Waals surface area contributed by atoms with Crippen LogP contribution in [0.2, 0.25) is 0 Å². The molecular formula is C15H21N5O. The van der Waals surface area contributed by atoms with Gasteiger partial charge in [0.1, 0.15) is 0 Å². The van der Waals surface area contributed by atoms with Crippen LogP contribution in [-0.2, 0) is 6.54 Å². The number of likely N-dealkylation sites (N-methyl/N-ethyl adjacent to an activating group) is 1.